The van der Waals surface area contributed by atoms with Crippen LogP contribution >= 0.6 is 0 Å². The van der Waals surface area contributed by atoms with Crippen LogP contribution in [0.25, 0.3) is 11.0 Å². The monoisotopic (exact) mass is 356 g/mol. The molecule has 1 fully saturated rings. The second kappa shape index (κ2) is 8.72. The third-order valence-corrected chi connectivity index (χ3v) is 5.60. The first-order valence-corrected chi connectivity index (χ1v) is 10.2. The smallest absolute Gasteiger partial charge is 0.258 e. The van der Waals surface area contributed by atoms with Crippen LogP contribution in [0.15, 0.2) is 28.7 Å². The maximum atomic E-state index is 13.4. The number of rotatable bonds is 7. The lowest BCUT2D eigenvalue weighted by atomic mass is 10.0. The number of unbranched alkanes of at least 4 members (excludes halogenated alkanes) is 1. The molecule has 2 aromatic rings. The standard InChI is InChI=1S/C22H32N2O2/c1-4-6-10-20-21(18-9-7-8-11-19(18)26-20)22(25)23(3)17-12-15-24(14-5-2)16-13-17/h7-9,11,17H,4-6,10,12-16H2,1-3H3. The summed E-state index contributed by atoms with van der Waals surface area (Å²) in [6.45, 7) is 7.73. The first-order valence-electron chi connectivity index (χ1n) is 10.2. The average Bonchev–Trinajstić information content (AvgIpc) is 3.04. The van der Waals surface area contributed by atoms with E-state index < -0.39 is 0 Å². The van der Waals surface area contributed by atoms with Crippen molar-refractivity contribution in [3.8, 4) is 0 Å². The number of fused-ring (bicyclic) bond motifs is 1. The Bertz CT molecular complexity index is 729. The molecule has 1 amide bonds. The Morgan fingerprint density at radius 2 is 1.92 bits per heavy atom. The van der Waals surface area contributed by atoms with Crippen LogP contribution < -0.4 is 0 Å². The third-order valence-electron chi connectivity index (χ3n) is 5.60. The minimum absolute atomic E-state index is 0.120. The van der Waals surface area contributed by atoms with Gasteiger partial charge in [0.2, 0.25) is 0 Å². The summed E-state index contributed by atoms with van der Waals surface area (Å²) in [7, 11) is 1.97. The number of carbonyl (C=O) groups excluding carboxylic acids is 1. The van der Waals surface area contributed by atoms with Crippen molar-refractivity contribution in [2.75, 3.05) is 26.7 Å². The van der Waals surface area contributed by atoms with Crippen LogP contribution in [0.2, 0.25) is 0 Å². The van der Waals surface area contributed by atoms with Gasteiger partial charge in [0, 0.05) is 38.0 Å². The molecule has 1 aromatic carbocycles. The van der Waals surface area contributed by atoms with Gasteiger partial charge in [-0.05, 0) is 38.3 Å². The first-order chi connectivity index (χ1) is 12.7. The Morgan fingerprint density at radius 3 is 2.62 bits per heavy atom. The van der Waals surface area contributed by atoms with E-state index in [2.05, 4.69) is 18.7 Å². The number of carbonyl (C=O) groups is 1. The molecule has 1 aromatic heterocycles. The molecule has 1 aliphatic rings. The lowest BCUT2D eigenvalue weighted by Gasteiger charge is -2.36. The summed E-state index contributed by atoms with van der Waals surface area (Å²) in [6, 6.07) is 8.26. The van der Waals surface area contributed by atoms with Crippen molar-refractivity contribution in [3.05, 3.63) is 35.6 Å². The number of benzene rings is 1. The van der Waals surface area contributed by atoms with Crippen LogP contribution in [0.1, 0.15) is 62.1 Å². The van der Waals surface area contributed by atoms with Gasteiger partial charge < -0.3 is 14.2 Å². The summed E-state index contributed by atoms with van der Waals surface area (Å²) in [5.41, 5.74) is 1.61. The fourth-order valence-corrected chi connectivity index (χ4v) is 4.03. The fraction of sp³-hybridized carbons (Fsp3) is 0.591. The van der Waals surface area contributed by atoms with Gasteiger partial charge in [0.15, 0.2) is 0 Å². The van der Waals surface area contributed by atoms with Crippen LogP contribution in [0.4, 0.5) is 0 Å². The third kappa shape index (κ3) is 3.96. The average molecular weight is 357 g/mol. The second-order valence-corrected chi connectivity index (χ2v) is 7.49. The van der Waals surface area contributed by atoms with Crippen LogP contribution in [0.3, 0.4) is 0 Å². The maximum Gasteiger partial charge on any atom is 0.258 e. The van der Waals surface area contributed by atoms with Gasteiger partial charge in [0.05, 0.1) is 5.56 Å². The number of hydrogen-bond donors (Lipinski definition) is 0. The van der Waals surface area contributed by atoms with Gasteiger partial charge in [-0.3, -0.25) is 4.79 Å². The van der Waals surface area contributed by atoms with E-state index in [0.717, 1.165) is 74.0 Å². The topological polar surface area (TPSA) is 36.7 Å². The normalized spacial score (nSPS) is 16.3. The molecular weight excluding hydrogens is 324 g/mol. The van der Waals surface area contributed by atoms with E-state index in [4.69, 9.17) is 4.42 Å². The van der Waals surface area contributed by atoms with Crippen molar-refractivity contribution in [3.63, 3.8) is 0 Å². The molecule has 0 unspecified atom stereocenters. The minimum Gasteiger partial charge on any atom is -0.460 e. The van der Waals surface area contributed by atoms with Crippen molar-refractivity contribution in [1.29, 1.82) is 0 Å². The molecule has 2 heterocycles. The molecule has 0 radical (unpaired) electrons. The lowest BCUT2D eigenvalue weighted by molar-refractivity contribution is 0.0642. The van der Waals surface area contributed by atoms with Gasteiger partial charge in [-0.2, -0.15) is 0 Å². The van der Waals surface area contributed by atoms with Gasteiger partial charge in [-0.15, -0.1) is 0 Å². The Kier molecular flexibility index (Phi) is 6.36. The molecule has 3 rings (SSSR count). The number of para-hydroxylation sites is 1. The molecule has 0 bridgehead atoms. The molecule has 1 saturated heterocycles. The van der Waals surface area contributed by atoms with Crippen molar-refractivity contribution < 1.29 is 9.21 Å². The van der Waals surface area contributed by atoms with Crippen molar-refractivity contribution in [2.45, 2.75) is 58.4 Å². The summed E-state index contributed by atoms with van der Waals surface area (Å²) in [5, 5.41) is 0.957. The van der Waals surface area contributed by atoms with Gasteiger partial charge in [0.25, 0.3) is 5.91 Å². The van der Waals surface area contributed by atoms with Crippen LogP contribution in [0.5, 0.6) is 0 Å². The molecule has 4 nitrogen and oxygen atoms in total. The van der Waals surface area contributed by atoms with Gasteiger partial charge >= 0.3 is 0 Å². The Morgan fingerprint density at radius 1 is 1.19 bits per heavy atom. The number of piperidine rings is 1. The predicted octanol–water partition coefficient (Wildman–Crippen LogP) is 4.72. The molecule has 1 aliphatic heterocycles. The Labute approximate surface area is 157 Å². The SMILES string of the molecule is CCCCc1oc2ccccc2c1C(=O)N(C)C1CCN(CCC)CC1. The second-order valence-electron chi connectivity index (χ2n) is 7.49. The Balaban J connectivity index is 1.80. The highest BCUT2D eigenvalue weighted by molar-refractivity contribution is 6.07. The molecule has 0 aliphatic carbocycles. The van der Waals surface area contributed by atoms with Crippen molar-refractivity contribution >= 4 is 16.9 Å². The van der Waals surface area contributed by atoms with E-state index in [1.165, 1.54) is 6.42 Å². The number of amides is 1. The highest BCUT2D eigenvalue weighted by atomic mass is 16.3. The van der Waals surface area contributed by atoms with E-state index in [9.17, 15) is 4.79 Å². The highest BCUT2D eigenvalue weighted by Gasteiger charge is 2.29. The van der Waals surface area contributed by atoms with Crippen LogP contribution in [0, 0.1) is 0 Å². The summed E-state index contributed by atoms with van der Waals surface area (Å²) >= 11 is 0. The van der Waals surface area contributed by atoms with E-state index in [-0.39, 0.29) is 5.91 Å². The highest BCUT2D eigenvalue weighted by Crippen LogP contribution is 2.29. The molecular formula is C22H32N2O2. The molecule has 0 saturated carbocycles. The molecule has 26 heavy (non-hydrogen) atoms. The van der Waals surface area contributed by atoms with Crippen molar-refractivity contribution in [2.24, 2.45) is 0 Å². The number of hydrogen-bond acceptors (Lipinski definition) is 3. The molecule has 0 spiro atoms. The minimum atomic E-state index is 0.120. The largest absolute Gasteiger partial charge is 0.460 e. The first kappa shape index (κ1) is 19.0. The zero-order valence-corrected chi connectivity index (χ0v) is 16.5. The summed E-state index contributed by atoms with van der Waals surface area (Å²) in [6.07, 6.45) is 6.27. The lowest BCUT2D eigenvalue weighted by Crippen LogP contribution is -2.45. The zero-order chi connectivity index (χ0) is 18.5. The zero-order valence-electron chi connectivity index (χ0n) is 16.5. The van der Waals surface area contributed by atoms with Crippen molar-refractivity contribution in [1.82, 2.24) is 9.80 Å². The maximum absolute atomic E-state index is 13.4. The summed E-state index contributed by atoms with van der Waals surface area (Å²) in [5.74, 6) is 0.975. The van der Waals surface area contributed by atoms with Crippen LogP contribution in [-0.2, 0) is 6.42 Å². The van der Waals surface area contributed by atoms with E-state index in [0.29, 0.717) is 6.04 Å². The fourth-order valence-electron chi connectivity index (χ4n) is 4.03. The van der Waals surface area contributed by atoms with Gasteiger partial charge in [0.1, 0.15) is 11.3 Å². The molecule has 0 atom stereocenters. The summed E-state index contributed by atoms with van der Waals surface area (Å²) < 4.78 is 6.05. The van der Waals surface area contributed by atoms with Gasteiger partial charge in [-0.25, -0.2) is 0 Å². The molecule has 0 N–H and O–H groups in total. The predicted molar refractivity (Wildman–Crippen MR) is 107 cm³/mol. The van der Waals surface area contributed by atoms with E-state index in [1.54, 1.807) is 0 Å². The summed E-state index contributed by atoms with van der Waals surface area (Å²) in [4.78, 5) is 17.8. The van der Waals surface area contributed by atoms with E-state index >= 15 is 0 Å². The quantitative estimate of drug-likeness (QED) is 0.720. The number of likely N-dealkylation sites (tertiary alicyclic amines) is 1. The number of aryl methyl sites for hydroxylation is 1. The molecule has 4 heteroatoms. The number of nitrogens with zero attached hydrogens (tertiary/aromatic N) is 2. The van der Waals surface area contributed by atoms with E-state index in [1.807, 2.05) is 36.2 Å². The Hall–Kier alpha value is -1.81. The van der Waals surface area contributed by atoms with Gasteiger partial charge in [-0.1, -0.05) is 38.5 Å². The molecule has 142 valence electrons. The van der Waals surface area contributed by atoms with Crippen LogP contribution in [-0.4, -0.2) is 48.4 Å². The number of furan rings is 1.